The minimum Gasteiger partial charge on any atom is -0.0649 e. The molecule has 0 bridgehead atoms. The first-order chi connectivity index (χ1) is 5.13. The number of hydrogen-bond acceptors (Lipinski definition) is 0. The Morgan fingerprint density at radius 3 is 1.55 bits per heavy atom. The summed E-state index contributed by atoms with van der Waals surface area (Å²) >= 11 is 0. The predicted octanol–water partition coefficient (Wildman–Crippen LogP) is 3.86. The van der Waals surface area contributed by atoms with Crippen molar-refractivity contribution in [3.05, 3.63) is 0 Å². The fourth-order valence-electron chi connectivity index (χ4n) is 2.68. The zero-order valence-electron chi connectivity index (χ0n) is 8.48. The van der Waals surface area contributed by atoms with E-state index in [0.29, 0.717) is 0 Å². The quantitative estimate of drug-likeness (QED) is 0.566. The molecule has 0 nitrogen and oxygen atoms in total. The Morgan fingerprint density at radius 1 is 1.00 bits per heavy atom. The molecule has 1 aliphatic carbocycles. The van der Waals surface area contributed by atoms with E-state index in [-0.39, 0.29) is 0 Å². The van der Waals surface area contributed by atoms with Crippen LogP contribution in [0.25, 0.3) is 0 Å². The van der Waals surface area contributed by atoms with E-state index in [2.05, 4.69) is 27.7 Å². The highest BCUT2D eigenvalue weighted by atomic mass is 14.4. The maximum absolute atomic E-state index is 2.41. The molecule has 1 saturated carbocycles. The van der Waals surface area contributed by atoms with Gasteiger partial charge in [-0.15, -0.1) is 0 Å². The van der Waals surface area contributed by atoms with Crippen LogP contribution >= 0.6 is 0 Å². The molecule has 1 aliphatic rings. The lowest BCUT2D eigenvalue weighted by Crippen LogP contribution is -2.13. The lowest BCUT2D eigenvalue weighted by Gasteiger charge is -2.25. The van der Waals surface area contributed by atoms with Crippen molar-refractivity contribution in [1.82, 2.24) is 0 Å². The Kier molecular flexibility index (Phi) is 2.61. The molecular weight excluding hydrogens is 132 g/mol. The lowest BCUT2D eigenvalue weighted by molar-refractivity contribution is 0.259. The number of hydrogen-bond donors (Lipinski definition) is 0. The normalized spacial score (nSPS) is 36.0. The molecule has 0 aromatic heterocycles. The Balaban J connectivity index is 2.61. The van der Waals surface area contributed by atoms with Gasteiger partial charge in [-0.1, -0.05) is 40.5 Å². The molecule has 66 valence electrons. The fraction of sp³-hybridized carbons (Fsp3) is 1.00. The second kappa shape index (κ2) is 3.16. The van der Waals surface area contributed by atoms with Gasteiger partial charge in [-0.3, -0.25) is 0 Å². The summed E-state index contributed by atoms with van der Waals surface area (Å²) in [6.45, 7) is 9.54. The topological polar surface area (TPSA) is 0 Å². The van der Waals surface area contributed by atoms with Crippen LogP contribution in [0.1, 0.15) is 53.4 Å². The Hall–Kier alpha value is 0. The molecule has 0 aromatic carbocycles. The second-order valence-electron chi connectivity index (χ2n) is 4.57. The summed E-state index contributed by atoms with van der Waals surface area (Å²) in [6.07, 6.45) is 5.72. The van der Waals surface area contributed by atoms with Crippen LogP contribution in [0.15, 0.2) is 0 Å². The summed E-state index contributed by atoms with van der Waals surface area (Å²) < 4.78 is 0. The Labute approximate surface area is 71.4 Å². The molecule has 0 heterocycles. The van der Waals surface area contributed by atoms with Gasteiger partial charge >= 0.3 is 0 Å². The van der Waals surface area contributed by atoms with Crippen LogP contribution in [0.2, 0.25) is 0 Å². The van der Waals surface area contributed by atoms with Crippen molar-refractivity contribution in [2.24, 2.45) is 17.3 Å². The highest BCUT2D eigenvalue weighted by Gasteiger charge is 2.38. The lowest BCUT2D eigenvalue weighted by atomic mass is 9.80. The van der Waals surface area contributed by atoms with Gasteiger partial charge in [0.25, 0.3) is 0 Å². The van der Waals surface area contributed by atoms with Gasteiger partial charge < -0.3 is 0 Å². The van der Waals surface area contributed by atoms with Crippen molar-refractivity contribution in [1.29, 1.82) is 0 Å². The van der Waals surface area contributed by atoms with Gasteiger partial charge in [0.2, 0.25) is 0 Å². The summed E-state index contributed by atoms with van der Waals surface area (Å²) in [5.41, 5.74) is 0.721. The van der Waals surface area contributed by atoms with Gasteiger partial charge in [-0.2, -0.15) is 0 Å². The van der Waals surface area contributed by atoms with Gasteiger partial charge in [0.05, 0.1) is 0 Å². The first-order valence-corrected chi connectivity index (χ1v) is 5.13. The Morgan fingerprint density at radius 2 is 1.36 bits per heavy atom. The summed E-state index contributed by atoms with van der Waals surface area (Å²) in [6, 6.07) is 0. The first-order valence-electron chi connectivity index (χ1n) is 5.13. The smallest absolute Gasteiger partial charge is 0.0297 e. The molecule has 0 amide bonds. The summed E-state index contributed by atoms with van der Waals surface area (Å²) in [4.78, 5) is 0. The molecule has 1 fully saturated rings. The van der Waals surface area contributed by atoms with E-state index >= 15 is 0 Å². The van der Waals surface area contributed by atoms with Crippen molar-refractivity contribution in [3.63, 3.8) is 0 Å². The van der Waals surface area contributed by atoms with Crippen LogP contribution in [0.5, 0.6) is 0 Å². The standard InChI is InChI=1S/C11H22/c1-5-11(6-2)7-9(3)10(4)8-11/h9-10H,5-8H2,1-4H3. The summed E-state index contributed by atoms with van der Waals surface area (Å²) in [5, 5.41) is 0. The molecule has 0 radical (unpaired) electrons. The van der Waals surface area contributed by atoms with Crippen LogP contribution in [-0.2, 0) is 0 Å². The first kappa shape index (κ1) is 9.09. The molecule has 0 aromatic rings. The molecule has 2 atom stereocenters. The van der Waals surface area contributed by atoms with E-state index in [0.717, 1.165) is 17.3 Å². The van der Waals surface area contributed by atoms with Crippen LogP contribution in [0.3, 0.4) is 0 Å². The minimum absolute atomic E-state index is 0.721. The van der Waals surface area contributed by atoms with Crippen LogP contribution in [0, 0.1) is 17.3 Å². The molecular formula is C11H22. The third kappa shape index (κ3) is 1.60. The fourth-order valence-corrected chi connectivity index (χ4v) is 2.68. The molecule has 1 rings (SSSR count). The van der Waals surface area contributed by atoms with Gasteiger partial charge in [-0.25, -0.2) is 0 Å². The van der Waals surface area contributed by atoms with Gasteiger partial charge in [0.15, 0.2) is 0 Å². The third-order valence-electron chi connectivity index (χ3n) is 3.98. The van der Waals surface area contributed by atoms with Gasteiger partial charge in [0.1, 0.15) is 0 Å². The van der Waals surface area contributed by atoms with E-state index in [9.17, 15) is 0 Å². The van der Waals surface area contributed by atoms with E-state index in [1.54, 1.807) is 0 Å². The van der Waals surface area contributed by atoms with E-state index in [1.165, 1.54) is 25.7 Å². The second-order valence-corrected chi connectivity index (χ2v) is 4.57. The SMILES string of the molecule is CCC1(CC)CC(C)C(C)C1. The zero-order chi connectivity index (χ0) is 8.48. The molecule has 0 heteroatoms. The predicted molar refractivity (Wildman–Crippen MR) is 50.6 cm³/mol. The average molecular weight is 154 g/mol. The van der Waals surface area contributed by atoms with Crippen molar-refractivity contribution in [3.8, 4) is 0 Å². The van der Waals surface area contributed by atoms with Crippen molar-refractivity contribution in [2.75, 3.05) is 0 Å². The Bertz CT molecular complexity index is 110. The number of rotatable bonds is 2. The maximum Gasteiger partial charge on any atom is -0.0297 e. The van der Waals surface area contributed by atoms with Crippen LogP contribution in [-0.4, -0.2) is 0 Å². The van der Waals surface area contributed by atoms with Crippen molar-refractivity contribution in [2.45, 2.75) is 53.4 Å². The molecule has 11 heavy (non-hydrogen) atoms. The maximum atomic E-state index is 2.41. The van der Waals surface area contributed by atoms with E-state index in [4.69, 9.17) is 0 Å². The minimum atomic E-state index is 0.721. The highest BCUT2D eigenvalue weighted by molar-refractivity contribution is 4.89. The van der Waals surface area contributed by atoms with Gasteiger partial charge in [-0.05, 0) is 30.1 Å². The monoisotopic (exact) mass is 154 g/mol. The molecule has 0 N–H and O–H groups in total. The highest BCUT2D eigenvalue weighted by Crippen LogP contribution is 2.49. The molecule has 0 saturated heterocycles. The van der Waals surface area contributed by atoms with E-state index < -0.39 is 0 Å². The molecule has 0 spiro atoms. The van der Waals surface area contributed by atoms with Crippen LogP contribution in [0.4, 0.5) is 0 Å². The average Bonchev–Trinajstić information content (AvgIpc) is 2.29. The van der Waals surface area contributed by atoms with Crippen LogP contribution < -0.4 is 0 Å². The molecule has 2 unspecified atom stereocenters. The summed E-state index contributed by atoms with van der Waals surface area (Å²) in [7, 11) is 0. The molecule has 0 aliphatic heterocycles. The summed E-state index contributed by atoms with van der Waals surface area (Å²) in [5.74, 6) is 1.93. The van der Waals surface area contributed by atoms with Crippen molar-refractivity contribution < 1.29 is 0 Å². The largest absolute Gasteiger partial charge is 0.0649 e. The van der Waals surface area contributed by atoms with Crippen molar-refractivity contribution >= 4 is 0 Å². The third-order valence-corrected chi connectivity index (χ3v) is 3.98. The van der Waals surface area contributed by atoms with Gasteiger partial charge in [0, 0.05) is 0 Å². The van der Waals surface area contributed by atoms with E-state index in [1.807, 2.05) is 0 Å². The zero-order valence-corrected chi connectivity index (χ0v) is 8.48.